The van der Waals surface area contributed by atoms with Crippen LogP contribution >= 0.6 is 0 Å². The molecule has 2 aromatic heterocycles. The van der Waals surface area contributed by atoms with Crippen LogP contribution in [0.4, 0.5) is 10.2 Å². The van der Waals surface area contributed by atoms with Crippen molar-refractivity contribution in [1.82, 2.24) is 19.1 Å². The van der Waals surface area contributed by atoms with Gasteiger partial charge in [-0.15, -0.1) is 0 Å². The number of hydrogen-bond acceptors (Lipinski definition) is 6. The Morgan fingerprint density at radius 1 is 1.08 bits per heavy atom. The monoisotopic (exact) mass is 509 g/mol. The quantitative estimate of drug-likeness (QED) is 0.361. The lowest BCUT2D eigenvalue weighted by atomic mass is 9.94. The van der Waals surface area contributed by atoms with Crippen molar-refractivity contribution in [2.24, 2.45) is 0 Å². The summed E-state index contributed by atoms with van der Waals surface area (Å²) in [7, 11) is -2.05. The molecule has 188 valence electrons. The lowest BCUT2D eigenvalue weighted by Crippen LogP contribution is -2.38. The van der Waals surface area contributed by atoms with Crippen LogP contribution in [-0.4, -0.2) is 47.1 Å². The van der Waals surface area contributed by atoms with Crippen molar-refractivity contribution >= 4 is 21.5 Å². The summed E-state index contributed by atoms with van der Waals surface area (Å²) in [5.41, 5.74) is 3.54. The van der Waals surface area contributed by atoms with E-state index < -0.39 is 15.8 Å². The molecule has 1 saturated carbocycles. The van der Waals surface area contributed by atoms with Gasteiger partial charge in [-0.05, 0) is 62.4 Å². The van der Waals surface area contributed by atoms with Crippen LogP contribution in [0.5, 0.6) is 0 Å². The van der Waals surface area contributed by atoms with Crippen molar-refractivity contribution in [2.75, 3.05) is 12.4 Å². The van der Waals surface area contributed by atoms with E-state index >= 15 is 0 Å². The van der Waals surface area contributed by atoms with E-state index in [1.165, 1.54) is 6.07 Å². The number of nitrogens with one attached hydrogen (secondary N) is 2. The predicted molar refractivity (Wildman–Crippen MR) is 137 cm³/mol. The van der Waals surface area contributed by atoms with E-state index in [1.807, 2.05) is 6.92 Å². The Morgan fingerprint density at radius 3 is 2.56 bits per heavy atom. The third-order valence-corrected chi connectivity index (χ3v) is 8.21. The summed E-state index contributed by atoms with van der Waals surface area (Å²) < 4.78 is 45.5. The molecule has 0 bridgehead atoms. The molecule has 2 aromatic carbocycles. The Bertz CT molecular complexity index is 1530. The van der Waals surface area contributed by atoms with Gasteiger partial charge in [0.15, 0.2) is 11.5 Å². The summed E-state index contributed by atoms with van der Waals surface area (Å²) in [6.45, 7) is 1.90. The smallest absolute Gasteiger partial charge is 0.240 e. The van der Waals surface area contributed by atoms with Gasteiger partial charge < -0.3 is 10.4 Å². The van der Waals surface area contributed by atoms with E-state index in [0.717, 1.165) is 5.56 Å². The van der Waals surface area contributed by atoms with Gasteiger partial charge in [-0.2, -0.15) is 0 Å². The first-order valence-electron chi connectivity index (χ1n) is 11.9. The number of sulfonamides is 1. The average molecular weight is 510 g/mol. The maximum atomic E-state index is 14.5. The standard InChI is InChI=1S/C26H28FN5O3S/c1-16-7-12-19(36(34,35)31-17-8-10-18(33)11-9-17)13-21(16)24-14-29-26-25(28-2)30-23(15-32(24)26)20-5-3-4-6-22(20)27/h3-7,12-15,17-18,31,33H,8-11H2,1-2H3,(H,28,30)/t17-,18-. The second-order valence-electron chi connectivity index (χ2n) is 9.15. The molecule has 3 N–H and O–H groups in total. The van der Waals surface area contributed by atoms with Crippen molar-refractivity contribution in [3.05, 3.63) is 66.2 Å². The highest BCUT2D eigenvalue weighted by molar-refractivity contribution is 7.89. The third-order valence-electron chi connectivity index (χ3n) is 6.69. The van der Waals surface area contributed by atoms with Gasteiger partial charge in [-0.3, -0.25) is 4.40 Å². The van der Waals surface area contributed by atoms with E-state index in [4.69, 9.17) is 0 Å². The fraction of sp³-hybridized carbons (Fsp3) is 0.308. The maximum absolute atomic E-state index is 14.5. The van der Waals surface area contributed by atoms with Crippen LogP contribution in [0.2, 0.25) is 0 Å². The van der Waals surface area contributed by atoms with Crippen LogP contribution in [0.25, 0.3) is 28.2 Å². The van der Waals surface area contributed by atoms with Crippen LogP contribution in [0.15, 0.2) is 59.8 Å². The number of aromatic nitrogens is 3. The Morgan fingerprint density at radius 2 is 1.83 bits per heavy atom. The molecule has 0 amide bonds. The van der Waals surface area contributed by atoms with Gasteiger partial charge in [0.25, 0.3) is 0 Å². The van der Waals surface area contributed by atoms with Gasteiger partial charge in [-0.1, -0.05) is 18.2 Å². The fourth-order valence-electron chi connectivity index (χ4n) is 4.68. The minimum Gasteiger partial charge on any atom is -0.393 e. The summed E-state index contributed by atoms with van der Waals surface area (Å²) in [4.78, 5) is 9.22. The molecule has 8 nitrogen and oxygen atoms in total. The van der Waals surface area contributed by atoms with Crippen molar-refractivity contribution < 1.29 is 17.9 Å². The molecule has 1 fully saturated rings. The number of fused-ring (bicyclic) bond motifs is 1. The molecule has 4 aromatic rings. The Labute approximate surface area is 209 Å². The first-order valence-corrected chi connectivity index (χ1v) is 13.4. The molecule has 1 aliphatic carbocycles. The average Bonchev–Trinajstić information content (AvgIpc) is 3.29. The number of halogens is 1. The van der Waals surface area contributed by atoms with E-state index in [0.29, 0.717) is 59.7 Å². The largest absolute Gasteiger partial charge is 0.393 e. The van der Waals surface area contributed by atoms with Crippen molar-refractivity contribution in [3.63, 3.8) is 0 Å². The van der Waals surface area contributed by atoms with Crippen molar-refractivity contribution in [1.29, 1.82) is 0 Å². The summed E-state index contributed by atoms with van der Waals surface area (Å²) in [5, 5.41) is 12.8. The molecule has 0 saturated heterocycles. The number of benzene rings is 2. The van der Waals surface area contributed by atoms with Crippen LogP contribution < -0.4 is 10.0 Å². The molecule has 0 atom stereocenters. The number of rotatable bonds is 6. The van der Waals surface area contributed by atoms with Crippen LogP contribution in [0, 0.1) is 12.7 Å². The van der Waals surface area contributed by atoms with E-state index in [2.05, 4.69) is 20.0 Å². The zero-order valence-electron chi connectivity index (χ0n) is 20.1. The van der Waals surface area contributed by atoms with E-state index in [-0.39, 0.29) is 17.0 Å². The van der Waals surface area contributed by atoms with Gasteiger partial charge in [0.1, 0.15) is 5.82 Å². The van der Waals surface area contributed by atoms with Crippen LogP contribution in [0.1, 0.15) is 31.2 Å². The van der Waals surface area contributed by atoms with Gasteiger partial charge >= 0.3 is 0 Å². The first-order chi connectivity index (χ1) is 17.3. The van der Waals surface area contributed by atoms with Gasteiger partial charge in [0.2, 0.25) is 10.0 Å². The number of imidazole rings is 1. The molecular formula is C26H28FN5O3S. The zero-order valence-corrected chi connectivity index (χ0v) is 20.9. The predicted octanol–water partition coefficient (Wildman–Crippen LogP) is 4.13. The maximum Gasteiger partial charge on any atom is 0.240 e. The molecule has 0 unspecified atom stereocenters. The molecule has 0 radical (unpaired) electrons. The zero-order chi connectivity index (χ0) is 25.4. The molecule has 10 heteroatoms. The number of nitrogens with zero attached hydrogens (tertiary/aromatic N) is 3. The summed E-state index contributed by atoms with van der Waals surface area (Å²) >= 11 is 0. The Kier molecular flexibility index (Phi) is 6.50. The molecular weight excluding hydrogens is 481 g/mol. The molecule has 0 spiro atoms. The molecule has 36 heavy (non-hydrogen) atoms. The minimum atomic E-state index is -3.77. The highest BCUT2D eigenvalue weighted by atomic mass is 32.2. The molecule has 0 aliphatic heterocycles. The number of aryl methyl sites for hydroxylation is 1. The summed E-state index contributed by atoms with van der Waals surface area (Å²) in [5.74, 6) is 0.0863. The van der Waals surface area contributed by atoms with E-state index in [9.17, 15) is 17.9 Å². The number of hydrogen-bond donors (Lipinski definition) is 3. The highest BCUT2D eigenvalue weighted by Gasteiger charge is 2.26. The molecule has 1 aliphatic rings. The minimum absolute atomic E-state index is 0.154. The molecule has 5 rings (SSSR count). The second kappa shape index (κ2) is 9.61. The normalized spacial score (nSPS) is 18.4. The van der Waals surface area contributed by atoms with Gasteiger partial charge in [0.05, 0.1) is 28.6 Å². The fourth-order valence-corrected chi connectivity index (χ4v) is 6.01. The number of aliphatic hydroxyl groups excluding tert-OH is 1. The summed E-state index contributed by atoms with van der Waals surface area (Å²) in [6.07, 6.45) is 5.38. The highest BCUT2D eigenvalue weighted by Crippen LogP contribution is 2.31. The second-order valence-corrected chi connectivity index (χ2v) is 10.9. The van der Waals surface area contributed by atoms with E-state index in [1.54, 1.807) is 60.2 Å². The SMILES string of the molecule is CNc1nc(-c2ccccc2F)cn2c(-c3cc(S(=O)(=O)N[C@H]4CC[C@H](O)CC4)ccc3C)cnc12. The Balaban J connectivity index is 1.58. The lowest BCUT2D eigenvalue weighted by Gasteiger charge is -2.26. The number of aliphatic hydroxyl groups is 1. The lowest BCUT2D eigenvalue weighted by molar-refractivity contribution is 0.120. The number of anilines is 1. The Hall–Kier alpha value is -3.34. The third kappa shape index (κ3) is 4.59. The van der Waals surface area contributed by atoms with Gasteiger partial charge in [-0.25, -0.2) is 27.5 Å². The van der Waals surface area contributed by atoms with Crippen LogP contribution in [-0.2, 0) is 10.0 Å². The van der Waals surface area contributed by atoms with Crippen molar-refractivity contribution in [3.8, 4) is 22.5 Å². The first kappa shape index (κ1) is 24.4. The summed E-state index contributed by atoms with van der Waals surface area (Å²) in [6, 6.07) is 11.2. The van der Waals surface area contributed by atoms with Crippen molar-refractivity contribution in [2.45, 2.75) is 49.6 Å². The van der Waals surface area contributed by atoms with Gasteiger partial charge in [0, 0.05) is 30.4 Å². The molecule has 2 heterocycles. The topological polar surface area (TPSA) is 109 Å². The van der Waals surface area contributed by atoms with Crippen LogP contribution in [0.3, 0.4) is 0 Å².